The van der Waals surface area contributed by atoms with Gasteiger partial charge in [0.25, 0.3) is 5.91 Å². The van der Waals surface area contributed by atoms with E-state index in [2.05, 4.69) is 10.3 Å². The molecule has 1 amide bonds. The molecule has 0 bridgehead atoms. The van der Waals surface area contributed by atoms with Crippen LogP contribution in [0.3, 0.4) is 0 Å². The molecule has 7 N–H and O–H groups in total. The van der Waals surface area contributed by atoms with Gasteiger partial charge in [0.2, 0.25) is 11.2 Å². The lowest BCUT2D eigenvalue weighted by atomic mass is 10.0. The van der Waals surface area contributed by atoms with E-state index in [0.717, 1.165) is 18.2 Å². The third-order valence-corrected chi connectivity index (χ3v) is 4.76. The van der Waals surface area contributed by atoms with Crippen molar-refractivity contribution in [1.82, 2.24) is 5.32 Å². The number of guanidine groups is 1. The zero-order valence-electron chi connectivity index (χ0n) is 17.2. The molecule has 3 rings (SSSR count). The summed E-state index contributed by atoms with van der Waals surface area (Å²) in [6, 6.07) is 7.27. The normalized spacial score (nSPS) is 11.7. The SMILES string of the molecule is NC(N)=NCCCC(NC(=O)c1oc2cc(O)ccc2c(=O)c1-c1ccc(F)cc1)C(=O)O. The minimum Gasteiger partial charge on any atom is -0.508 e. The molecule has 0 saturated carbocycles. The summed E-state index contributed by atoms with van der Waals surface area (Å²) in [4.78, 5) is 41.6. The van der Waals surface area contributed by atoms with E-state index >= 15 is 0 Å². The van der Waals surface area contributed by atoms with E-state index in [4.69, 9.17) is 15.9 Å². The number of carboxylic acids is 1. The van der Waals surface area contributed by atoms with Gasteiger partial charge < -0.3 is 31.4 Å². The summed E-state index contributed by atoms with van der Waals surface area (Å²) in [6.07, 6.45) is 0.262. The number of aliphatic imine (C=N–C) groups is 1. The minimum atomic E-state index is -1.32. The van der Waals surface area contributed by atoms with Crippen LogP contribution in [-0.2, 0) is 4.79 Å². The van der Waals surface area contributed by atoms with Gasteiger partial charge in [0.05, 0.1) is 10.9 Å². The lowest BCUT2D eigenvalue weighted by Crippen LogP contribution is -2.41. The highest BCUT2D eigenvalue weighted by Gasteiger charge is 2.26. The second-order valence-corrected chi connectivity index (χ2v) is 7.14. The molecule has 11 heteroatoms. The lowest BCUT2D eigenvalue weighted by Gasteiger charge is -2.15. The predicted octanol–water partition coefficient (Wildman–Crippen LogP) is 1.54. The van der Waals surface area contributed by atoms with Gasteiger partial charge in [-0.15, -0.1) is 0 Å². The first kappa shape index (κ1) is 23.3. The number of benzene rings is 2. The lowest BCUT2D eigenvalue weighted by molar-refractivity contribution is -0.139. The second kappa shape index (κ2) is 9.81. The van der Waals surface area contributed by atoms with Crippen LogP contribution in [0.25, 0.3) is 22.1 Å². The van der Waals surface area contributed by atoms with Crippen molar-refractivity contribution in [3.05, 3.63) is 64.3 Å². The van der Waals surface area contributed by atoms with Gasteiger partial charge in [0.1, 0.15) is 23.2 Å². The van der Waals surface area contributed by atoms with Crippen LogP contribution >= 0.6 is 0 Å². The quantitative estimate of drug-likeness (QED) is 0.192. The fraction of sp³-hybridized carbons (Fsp3) is 0.182. The topological polar surface area (TPSA) is 181 Å². The van der Waals surface area contributed by atoms with Crippen molar-refractivity contribution in [2.75, 3.05) is 6.54 Å². The molecule has 33 heavy (non-hydrogen) atoms. The standard InChI is InChI=1S/C22H21FN4O6/c23-12-5-3-11(4-6-12)17-18(29)14-8-7-13(28)10-16(14)33-19(17)20(30)27-15(21(31)32)2-1-9-26-22(24)25/h3-8,10,15,28H,1-2,9H2,(H,27,30)(H,31,32)(H4,24,25,26). The van der Waals surface area contributed by atoms with Gasteiger partial charge in [0, 0.05) is 12.6 Å². The fourth-order valence-corrected chi connectivity index (χ4v) is 3.21. The number of nitrogens with two attached hydrogens (primary N) is 2. The zero-order chi connectivity index (χ0) is 24.1. The Morgan fingerprint density at radius 3 is 2.48 bits per heavy atom. The van der Waals surface area contributed by atoms with E-state index in [0.29, 0.717) is 0 Å². The Morgan fingerprint density at radius 2 is 1.85 bits per heavy atom. The van der Waals surface area contributed by atoms with Crippen LogP contribution in [0.5, 0.6) is 5.75 Å². The number of phenols is 1. The molecule has 3 aromatic rings. The van der Waals surface area contributed by atoms with Crippen LogP contribution < -0.4 is 22.2 Å². The number of halogens is 1. The number of fused-ring (bicyclic) bond motifs is 1. The van der Waals surface area contributed by atoms with Gasteiger partial charge in [0.15, 0.2) is 5.96 Å². The number of hydrogen-bond acceptors (Lipinski definition) is 6. The molecule has 1 heterocycles. The molecule has 0 aliphatic carbocycles. The summed E-state index contributed by atoms with van der Waals surface area (Å²) in [5.74, 6) is -3.64. The predicted molar refractivity (Wildman–Crippen MR) is 118 cm³/mol. The van der Waals surface area contributed by atoms with Crippen molar-refractivity contribution in [3.8, 4) is 16.9 Å². The molecule has 0 saturated heterocycles. The largest absolute Gasteiger partial charge is 0.508 e. The van der Waals surface area contributed by atoms with Crippen LogP contribution in [0.2, 0.25) is 0 Å². The fourth-order valence-electron chi connectivity index (χ4n) is 3.21. The number of aliphatic carboxylic acids is 1. The summed E-state index contributed by atoms with van der Waals surface area (Å²) >= 11 is 0. The molecule has 1 unspecified atom stereocenters. The molecule has 0 spiro atoms. The van der Waals surface area contributed by atoms with Crippen LogP contribution in [-0.4, -0.2) is 40.6 Å². The molecule has 2 aromatic carbocycles. The molecule has 0 aliphatic heterocycles. The Balaban J connectivity index is 2.03. The number of amides is 1. The number of rotatable bonds is 8. The van der Waals surface area contributed by atoms with Crippen molar-refractivity contribution < 1.29 is 28.6 Å². The van der Waals surface area contributed by atoms with Gasteiger partial charge in [-0.3, -0.25) is 14.6 Å². The Bertz CT molecular complexity index is 1280. The Hall–Kier alpha value is -4.41. The van der Waals surface area contributed by atoms with Gasteiger partial charge in [-0.2, -0.15) is 0 Å². The molecule has 0 aliphatic rings. The number of phenolic OH excluding ortho intramolecular Hbond substituents is 1. The highest BCUT2D eigenvalue weighted by atomic mass is 19.1. The number of hydrogen-bond donors (Lipinski definition) is 5. The number of aromatic hydroxyl groups is 1. The van der Waals surface area contributed by atoms with E-state index in [1.54, 1.807) is 0 Å². The molecule has 1 atom stereocenters. The Morgan fingerprint density at radius 1 is 1.15 bits per heavy atom. The van der Waals surface area contributed by atoms with Crippen molar-refractivity contribution in [2.24, 2.45) is 16.5 Å². The van der Waals surface area contributed by atoms with E-state index < -0.39 is 34.9 Å². The number of carboxylic acid groups (broad SMARTS) is 1. The zero-order valence-corrected chi connectivity index (χ0v) is 17.2. The maximum atomic E-state index is 13.4. The number of nitrogens with one attached hydrogen (secondary N) is 1. The summed E-state index contributed by atoms with van der Waals surface area (Å²) in [5, 5.41) is 21.6. The van der Waals surface area contributed by atoms with E-state index in [9.17, 15) is 29.0 Å². The second-order valence-electron chi connectivity index (χ2n) is 7.14. The van der Waals surface area contributed by atoms with Crippen LogP contribution in [0.4, 0.5) is 4.39 Å². The van der Waals surface area contributed by atoms with E-state index in [1.807, 2.05) is 0 Å². The summed E-state index contributed by atoms with van der Waals surface area (Å²) in [7, 11) is 0. The Labute approximate surface area is 186 Å². The van der Waals surface area contributed by atoms with Crippen LogP contribution in [0, 0.1) is 5.82 Å². The number of carbonyl (C=O) groups is 2. The third kappa shape index (κ3) is 5.45. The first-order valence-corrected chi connectivity index (χ1v) is 9.82. The Kier molecular flexibility index (Phi) is 6.91. The molecule has 0 fully saturated rings. The molecule has 10 nitrogen and oxygen atoms in total. The molecular formula is C22H21FN4O6. The van der Waals surface area contributed by atoms with Gasteiger partial charge >= 0.3 is 5.97 Å². The maximum Gasteiger partial charge on any atom is 0.326 e. The van der Waals surface area contributed by atoms with Gasteiger partial charge in [-0.05, 0) is 42.7 Å². The third-order valence-electron chi connectivity index (χ3n) is 4.76. The van der Waals surface area contributed by atoms with Crippen LogP contribution in [0.15, 0.2) is 56.7 Å². The average Bonchev–Trinajstić information content (AvgIpc) is 2.75. The van der Waals surface area contributed by atoms with E-state index in [1.165, 1.54) is 24.3 Å². The highest BCUT2D eigenvalue weighted by Crippen LogP contribution is 2.27. The molecule has 172 valence electrons. The number of nitrogens with zero attached hydrogens (tertiary/aromatic N) is 1. The van der Waals surface area contributed by atoms with Gasteiger partial charge in [-0.1, -0.05) is 12.1 Å². The van der Waals surface area contributed by atoms with Crippen molar-refractivity contribution >= 4 is 28.8 Å². The minimum absolute atomic E-state index is 0.00232. The highest BCUT2D eigenvalue weighted by molar-refractivity contribution is 6.02. The van der Waals surface area contributed by atoms with Crippen LogP contribution in [0.1, 0.15) is 23.4 Å². The first-order valence-electron chi connectivity index (χ1n) is 9.82. The monoisotopic (exact) mass is 456 g/mol. The van der Waals surface area contributed by atoms with Crippen molar-refractivity contribution in [2.45, 2.75) is 18.9 Å². The summed E-state index contributed by atoms with van der Waals surface area (Å²) in [5.41, 5.74) is 9.82. The van der Waals surface area contributed by atoms with E-state index in [-0.39, 0.29) is 53.2 Å². The van der Waals surface area contributed by atoms with Crippen molar-refractivity contribution in [1.29, 1.82) is 0 Å². The molecule has 0 radical (unpaired) electrons. The molecule has 1 aromatic heterocycles. The molecular weight excluding hydrogens is 435 g/mol. The van der Waals surface area contributed by atoms with Crippen molar-refractivity contribution in [3.63, 3.8) is 0 Å². The average molecular weight is 456 g/mol. The maximum absolute atomic E-state index is 13.4. The number of carbonyl (C=O) groups excluding carboxylic acids is 1. The smallest absolute Gasteiger partial charge is 0.326 e. The first-order chi connectivity index (χ1) is 15.7. The van der Waals surface area contributed by atoms with Gasteiger partial charge in [-0.25, -0.2) is 9.18 Å². The summed E-state index contributed by atoms with van der Waals surface area (Å²) in [6.45, 7) is 0.160. The summed E-state index contributed by atoms with van der Waals surface area (Å²) < 4.78 is 19.0.